The Balaban J connectivity index is 1.68. The molecule has 1 aliphatic heterocycles. The Kier molecular flexibility index (Phi) is 4.61. The average Bonchev–Trinajstić information content (AvgIpc) is 3.23. The molecule has 0 bridgehead atoms. The summed E-state index contributed by atoms with van der Waals surface area (Å²) in [7, 11) is 1.31. The van der Waals surface area contributed by atoms with Gasteiger partial charge >= 0.3 is 5.97 Å². The van der Waals surface area contributed by atoms with E-state index in [9.17, 15) is 14.4 Å². The Labute approximate surface area is 143 Å². The van der Waals surface area contributed by atoms with Crippen LogP contribution in [0.3, 0.4) is 0 Å². The summed E-state index contributed by atoms with van der Waals surface area (Å²) in [5, 5.41) is 3.32. The summed E-state index contributed by atoms with van der Waals surface area (Å²) in [6, 6.07) is 10.2. The molecule has 1 N–H and O–H groups in total. The van der Waals surface area contributed by atoms with E-state index in [0.717, 1.165) is 30.0 Å². The number of ether oxygens (including phenoxy) is 1. The van der Waals surface area contributed by atoms with Gasteiger partial charge in [-0.15, -0.1) is 11.3 Å². The first-order valence-corrected chi connectivity index (χ1v) is 8.30. The van der Waals surface area contributed by atoms with Gasteiger partial charge in [0.05, 0.1) is 12.1 Å². The Morgan fingerprint density at radius 2 is 1.92 bits per heavy atom. The number of hydrogen-bond donors (Lipinski definition) is 1. The van der Waals surface area contributed by atoms with Crippen molar-refractivity contribution in [3.63, 3.8) is 0 Å². The van der Waals surface area contributed by atoms with E-state index in [1.807, 2.05) is 0 Å². The summed E-state index contributed by atoms with van der Waals surface area (Å²) in [4.78, 5) is 37.6. The van der Waals surface area contributed by atoms with Crippen molar-refractivity contribution in [2.75, 3.05) is 23.9 Å². The van der Waals surface area contributed by atoms with Gasteiger partial charge in [0.2, 0.25) is 5.91 Å². The molecular weight excluding hydrogens is 328 g/mol. The molecule has 1 saturated heterocycles. The largest absolute Gasteiger partial charge is 0.465 e. The number of carbonyl (C=O) groups is 3. The predicted octanol–water partition coefficient (Wildman–Crippen LogP) is 2.91. The van der Waals surface area contributed by atoms with Gasteiger partial charge in [0.15, 0.2) is 0 Å². The van der Waals surface area contributed by atoms with Gasteiger partial charge in [0.1, 0.15) is 4.88 Å². The molecule has 1 fully saturated rings. The molecule has 1 aliphatic rings. The van der Waals surface area contributed by atoms with Gasteiger partial charge in [-0.25, -0.2) is 4.79 Å². The molecule has 0 spiro atoms. The minimum absolute atomic E-state index is 0.112. The first kappa shape index (κ1) is 16.2. The lowest BCUT2D eigenvalue weighted by Gasteiger charge is -2.15. The lowest BCUT2D eigenvalue weighted by Crippen LogP contribution is -2.23. The van der Waals surface area contributed by atoms with Crippen molar-refractivity contribution in [1.82, 2.24) is 0 Å². The lowest BCUT2D eigenvalue weighted by atomic mass is 10.2. The number of rotatable bonds is 4. The van der Waals surface area contributed by atoms with E-state index < -0.39 is 5.97 Å². The second kappa shape index (κ2) is 6.84. The van der Waals surface area contributed by atoms with Crippen molar-refractivity contribution in [3.8, 4) is 0 Å². The number of nitrogens with zero attached hydrogens (tertiary/aromatic N) is 1. The van der Waals surface area contributed by atoms with Crippen LogP contribution in [0.15, 0.2) is 36.4 Å². The van der Waals surface area contributed by atoms with Crippen LogP contribution in [0.4, 0.5) is 10.7 Å². The van der Waals surface area contributed by atoms with Crippen LogP contribution in [0.25, 0.3) is 0 Å². The fourth-order valence-corrected chi connectivity index (χ4v) is 3.33. The minimum atomic E-state index is -0.430. The zero-order valence-corrected chi connectivity index (χ0v) is 13.9. The summed E-state index contributed by atoms with van der Waals surface area (Å²) in [5.74, 6) is -0.589. The number of methoxy groups -OCH3 is 1. The normalized spacial score (nSPS) is 13.9. The first-order chi connectivity index (χ1) is 11.6. The Hall–Kier alpha value is -2.67. The molecule has 0 radical (unpaired) electrons. The molecule has 0 saturated carbocycles. The predicted molar refractivity (Wildman–Crippen MR) is 91.6 cm³/mol. The van der Waals surface area contributed by atoms with Crippen LogP contribution in [0.2, 0.25) is 0 Å². The van der Waals surface area contributed by atoms with E-state index >= 15 is 0 Å². The van der Waals surface area contributed by atoms with Crippen molar-refractivity contribution in [2.45, 2.75) is 12.8 Å². The highest BCUT2D eigenvalue weighted by atomic mass is 32.1. The summed E-state index contributed by atoms with van der Waals surface area (Å²) in [5.41, 5.74) is 1.29. The third-order valence-electron chi connectivity index (χ3n) is 3.74. The molecule has 124 valence electrons. The molecule has 1 aromatic heterocycles. The smallest absolute Gasteiger partial charge is 0.348 e. The van der Waals surface area contributed by atoms with Crippen LogP contribution in [-0.4, -0.2) is 31.4 Å². The molecule has 3 rings (SSSR count). The second-order valence-corrected chi connectivity index (χ2v) is 6.39. The SMILES string of the molecule is COC(=O)c1ccc(NC(=O)c2ccc(N3CCCC3=O)cc2)s1. The lowest BCUT2D eigenvalue weighted by molar-refractivity contribution is -0.117. The van der Waals surface area contributed by atoms with Crippen LogP contribution < -0.4 is 10.2 Å². The molecule has 2 amide bonds. The minimum Gasteiger partial charge on any atom is -0.465 e. The van der Waals surface area contributed by atoms with Crippen molar-refractivity contribution in [1.29, 1.82) is 0 Å². The number of thiophene rings is 1. The summed E-state index contributed by atoms with van der Waals surface area (Å²) >= 11 is 1.15. The molecular formula is C17H16N2O4S. The third kappa shape index (κ3) is 3.30. The van der Waals surface area contributed by atoms with E-state index in [0.29, 0.717) is 21.9 Å². The zero-order valence-electron chi connectivity index (χ0n) is 13.1. The number of anilines is 2. The summed E-state index contributed by atoms with van der Waals surface area (Å²) < 4.78 is 4.64. The molecule has 6 nitrogen and oxygen atoms in total. The van der Waals surface area contributed by atoms with E-state index in [2.05, 4.69) is 10.1 Å². The van der Waals surface area contributed by atoms with Gasteiger partial charge in [0.25, 0.3) is 5.91 Å². The van der Waals surface area contributed by atoms with Crippen molar-refractivity contribution in [3.05, 3.63) is 46.8 Å². The number of hydrogen-bond acceptors (Lipinski definition) is 5. The van der Waals surface area contributed by atoms with Crippen molar-refractivity contribution < 1.29 is 19.1 Å². The second-order valence-electron chi connectivity index (χ2n) is 5.31. The zero-order chi connectivity index (χ0) is 17.1. The first-order valence-electron chi connectivity index (χ1n) is 7.48. The van der Waals surface area contributed by atoms with Crippen LogP contribution in [0.1, 0.15) is 32.9 Å². The number of nitrogens with one attached hydrogen (secondary N) is 1. The topological polar surface area (TPSA) is 75.7 Å². The average molecular weight is 344 g/mol. The van der Waals surface area contributed by atoms with E-state index in [1.54, 1.807) is 41.3 Å². The highest BCUT2D eigenvalue weighted by molar-refractivity contribution is 7.18. The molecule has 7 heteroatoms. The van der Waals surface area contributed by atoms with Gasteiger partial charge in [-0.05, 0) is 42.8 Å². The maximum absolute atomic E-state index is 12.3. The fourth-order valence-electron chi connectivity index (χ4n) is 2.51. The fraction of sp³-hybridized carbons (Fsp3) is 0.235. The number of benzene rings is 1. The maximum atomic E-state index is 12.3. The van der Waals surface area contributed by atoms with Gasteiger partial charge < -0.3 is 15.0 Å². The quantitative estimate of drug-likeness (QED) is 0.865. The molecule has 0 atom stereocenters. The van der Waals surface area contributed by atoms with Gasteiger partial charge in [-0.3, -0.25) is 9.59 Å². The number of carbonyl (C=O) groups excluding carboxylic acids is 3. The summed E-state index contributed by atoms with van der Waals surface area (Å²) in [6.45, 7) is 0.718. The summed E-state index contributed by atoms with van der Waals surface area (Å²) in [6.07, 6.45) is 1.44. The van der Waals surface area contributed by atoms with Crippen LogP contribution >= 0.6 is 11.3 Å². The Bertz CT molecular complexity index is 782. The monoisotopic (exact) mass is 344 g/mol. The van der Waals surface area contributed by atoms with Crippen molar-refractivity contribution >= 4 is 39.8 Å². The Morgan fingerprint density at radius 1 is 1.17 bits per heavy atom. The van der Waals surface area contributed by atoms with Crippen LogP contribution in [-0.2, 0) is 9.53 Å². The van der Waals surface area contributed by atoms with E-state index in [4.69, 9.17) is 0 Å². The number of amides is 2. The standard InChI is InChI=1S/C17H16N2O4S/c1-23-17(22)13-8-9-14(24-13)18-16(21)11-4-6-12(7-5-11)19-10-2-3-15(19)20/h4-9H,2-3,10H2,1H3,(H,18,21). The highest BCUT2D eigenvalue weighted by Crippen LogP contribution is 2.24. The molecule has 1 aromatic carbocycles. The van der Waals surface area contributed by atoms with Crippen molar-refractivity contribution in [2.24, 2.45) is 0 Å². The Morgan fingerprint density at radius 3 is 2.54 bits per heavy atom. The van der Waals surface area contributed by atoms with Gasteiger partial charge in [0, 0.05) is 24.2 Å². The van der Waals surface area contributed by atoms with Crippen LogP contribution in [0, 0.1) is 0 Å². The van der Waals surface area contributed by atoms with Crippen LogP contribution in [0.5, 0.6) is 0 Å². The van der Waals surface area contributed by atoms with Gasteiger partial charge in [-0.2, -0.15) is 0 Å². The molecule has 0 unspecified atom stereocenters. The molecule has 2 aromatic rings. The maximum Gasteiger partial charge on any atom is 0.348 e. The van der Waals surface area contributed by atoms with Gasteiger partial charge in [-0.1, -0.05) is 0 Å². The highest BCUT2D eigenvalue weighted by Gasteiger charge is 2.21. The third-order valence-corrected chi connectivity index (χ3v) is 4.72. The van der Waals surface area contributed by atoms with E-state index in [1.165, 1.54) is 7.11 Å². The van der Waals surface area contributed by atoms with E-state index in [-0.39, 0.29) is 11.8 Å². The number of esters is 1. The molecule has 0 aliphatic carbocycles. The molecule has 24 heavy (non-hydrogen) atoms. The molecule has 2 heterocycles.